The molecule has 0 aromatic heterocycles. The normalized spacial score (nSPS) is 13.8. The molecule has 0 radical (unpaired) electrons. The van der Waals surface area contributed by atoms with E-state index >= 15 is 0 Å². The number of aliphatic hydroxyl groups excluding tert-OH is 2. The first-order valence-corrected chi connectivity index (χ1v) is 7.60. The van der Waals surface area contributed by atoms with E-state index < -0.39 is 20.0 Å². The molecular formula is C14H17O6P. The molecule has 0 saturated heterocycles. The third kappa shape index (κ3) is 7.15. The van der Waals surface area contributed by atoms with Gasteiger partial charge in [-0.25, -0.2) is 4.57 Å². The van der Waals surface area contributed by atoms with Crippen LogP contribution in [0.4, 0.5) is 0 Å². The molecule has 2 atom stereocenters. The standard InChI is InChI=1S/C14H14O2.H3O4P/c15-13(11-7-3-1-4-8-11)14(16)12-9-5-2-6-10-12;1-5(2,3)4/h1-10,13-16H;(H3,1,2,3,4). The van der Waals surface area contributed by atoms with Crippen molar-refractivity contribution in [2.24, 2.45) is 0 Å². The highest BCUT2D eigenvalue weighted by Gasteiger charge is 2.19. The largest absolute Gasteiger partial charge is 0.466 e. The van der Waals surface area contributed by atoms with Crippen molar-refractivity contribution in [1.29, 1.82) is 0 Å². The van der Waals surface area contributed by atoms with Gasteiger partial charge in [0.25, 0.3) is 0 Å². The van der Waals surface area contributed by atoms with Crippen LogP contribution >= 0.6 is 7.82 Å². The first-order chi connectivity index (χ1) is 9.79. The Morgan fingerprint density at radius 2 is 0.905 bits per heavy atom. The summed E-state index contributed by atoms with van der Waals surface area (Å²) in [4.78, 5) is 21.6. The summed E-state index contributed by atoms with van der Waals surface area (Å²) in [6.07, 6.45) is -1.77. The molecule has 0 aliphatic carbocycles. The van der Waals surface area contributed by atoms with Gasteiger partial charge < -0.3 is 24.9 Å². The van der Waals surface area contributed by atoms with Gasteiger partial charge in [-0.15, -0.1) is 0 Å². The Hall–Kier alpha value is -1.53. The average Bonchev–Trinajstić information content (AvgIpc) is 2.46. The first kappa shape index (κ1) is 17.5. The van der Waals surface area contributed by atoms with Crippen molar-refractivity contribution in [1.82, 2.24) is 0 Å². The van der Waals surface area contributed by atoms with E-state index in [0.29, 0.717) is 0 Å². The molecule has 6 nitrogen and oxygen atoms in total. The van der Waals surface area contributed by atoms with Crippen LogP contribution in [0.2, 0.25) is 0 Å². The molecule has 0 aliphatic rings. The van der Waals surface area contributed by atoms with Crippen molar-refractivity contribution in [2.45, 2.75) is 12.2 Å². The van der Waals surface area contributed by atoms with Gasteiger partial charge in [-0.2, -0.15) is 0 Å². The Morgan fingerprint density at radius 3 is 1.14 bits per heavy atom. The number of hydrogen-bond acceptors (Lipinski definition) is 3. The SMILES string of the molecule is O=P(O)(O)O.OC(c1ccccc1)C(O)c1ccccc1. The Balaban J connectivity index is 0.000000383. The Bertz CT molecular complexity index is 517. The van der Waals surface area contributed by atoms with Gasteiger partial charge in [0.05, 0.1) is 0 Å². The van der Waals surface area contributed by atoms with Crippen molar-refractivity contribution in [2.75, 3.05) is 0 Å². The number of aliphatic hydroxyl groups is 2. The van der Waals surface area contributed by atoms with E-state index in [1.807, 2.05) is 36.4 Å². The fourth-order valence-corrected chi connectivity index (χ4v) is 1.67. The van der Waals surface area contributed by atoms with Crippen LogP contribution in [0.25, 0.3) is 0 Å². The van der Waals surface area contributed by atoms with Gasteiger partial charge in [-0.05, 0) is 11.1 Å². The van der Waals surface area contributed by atoms with Crippen molar-refractivity contribution < 1.29 is 29.5 Å². The van der Waals surface area contributed by atoms with Crippen LogP contribution in [0.1, 0.15) is 23.3 Å². The number of phosphoric acid groups is 1. The quantitative estimate of drug-likeness (QED) is 0.548. The molecule has 0 spiro atoms. The number of benzene rings is 2. The highest BCUT2D eigenvalue weighted by Crippen LogP contribution is 2.28. The summed E-state index contributed by atoms with van der Waals surface area (Å²) in [6, 6.07) is 18.3. The maximum atomic E-state index is 9.99. The summed E-state index contributed by atoms with van der Waals surface area (Å²) in [7, 11) is -4.64. The molecule has 2 aromatic carbocycles. The maximum Gasteiger partial charge on any atom is 0.466 e. The lowest BCUT2D eigenvalue weighted by Crippen LogP contribution is -2.09. The molecule has 2 unspecified atom stereocenters. The Labute approximate surface area is 122 Å². The molecule has 0 saturated carbocycles. The third-order valence-corrected chi connectivity index (χ3v) is 2.58. The van der Waals surface area contributed by atoms with E-state index in [2.05, 4.69) is 0 Å². The Morgan fingerprint density at radius 1 is 0.667 bits per heavy atom. The number of hydrogen-bond donors (Lipinski definition) is 5. The topological polar surface area (TPSA) is 118 Å². The second-order valence-corrected chi connectivity index (χ2v) is 5.25. The summed E-state index contributed by atoms with van der Waals surface area (Å²) in [6.45, 7) is 0. The van der Waals surface area contributed by atoms with Crippen LogP contribution in [-0.4, -0.2) is 24.9 Å². The summed E-state index contributed by atoms with van der Waals surface area (Å²) < 4.78 is 8.88. The highest BCUT2D eigenvalue weighted by atomic mass is 31.2. The smallest absolute Gasteiger partial charge is 0.385 e. The van der Waals surface area contributed by atoms with Gasteiger partial charge >= 0.3 is 7.82 Å². The van der Waals surface area contributed by atoms with Crippen LogP contribution in [0.5, 0.6) is 0 Å². The molecule has 7 heteroatoms. The summed E-state index contributed by atoms with van der Waals surface area (Å²) >= 11 is 0. The lowest BCUT2D eigenvalue weighted by molar-refractivity contribution is 0.0172. The van der Waals surface area contributed by atoms with Gasteiger partial charge in [0.2, 0.25) is 0 Å². The average molecular weight is 312 g/mol. The van der Waals surface area contributed by atoms with E-state index in [1.165, 1.54) is 0 Å². The fraction of sp³-hybridized carbons (Fsp3) is 0.143. The maximum absolute atomic E-state index is 9.99. The molecule has 0 amide bonds. The van der Waals surface area contributed by atoms with Crippen LogP contribution in [0.3, 0.4) is 0 Å². The van der Waals surface area contributed by atoms with Gasteiger partial charge in [-0.1, -0.05) is 60.7 Å². The van der Waals surface area contributed by atoms with Crippen molar-refractivity contribution >= 4 is 7.82 Å². The highest BCUT2D eigenvalue weighted by molar-refractivity contribution is 7.45. The van der Waals surface area contributed by atoms with Crippen LogP contribution in [-0.2, 0) is 4.57 Å². The van der Waals surface area contributed by atoms with E-state index in [9.17, 15) is 10.2 Å². The summed E-state index contributed by atoms with van der Waals surface area (Å²) in [5, 5.41) is 20.0. The molecule has 2 aromatic rings. The van der Waals surface area contributed by atoms with Crippen LogP contribution in [0, 0.1) is 0 Å². The molecule has 0 fully saturated rings. The summed E-state index contributed by atoms with van der Waals surface area (Å²) in [5.41, 5.74) is 1.44. The predicted molar refractivity (Wildman–Crippen MR) is 77.1 cm³/mol. The molecular weight excluding hydrogens is 295 g/mol. The predicted octanol–water partition coefficient (Wildman–Crippen LogP) is 1.52. The molecule has 0 aliphatic heterocycles. The van der Waals surface area contributed by atoms with Gasteiger partial charge in [0.1, 0.15) is 12.2 Å². The lowest BCUT2D eigenvalue weighted by Gasteiger charge is -2.18. The van der Waals surface area contributed by atoms with E-state index in [-0.39, 0.29) is 0 Å². The minimum absolute atomic E-state index is 0.721. The molecule has 0 heterocycles. The van der Waals surface area contributed by atoms with E-state index in [0.717, 1.165) is 11.1 Å². The van der Waals surface area contributed by atoms with Crippen LogP contribution < -0.4 is 0 Å². The number of rotatable bonds is 3. The van der Waals surface area contributed by atoms with Crippen LogP contribution in [0.15, 0.2) is 60.7 Å². The summed E-state index contributed by atoms with van der Waals surface area (Å²) in [5.74, 6) is 0. The minimum atomic E-state index is -4.64. The van der Waals surface area contributed by atoms with Gasteiger partial charge in [0.15, 0.2) is 0 Å². The Kier molecular flexibility index (Phi) is 6.71. The molecule has 114 valence electrons. The minimum Gasteiger partial charge on any atom is -0.385 e. The first-order valence-electron chi connectivity index (χ1n) is 6.03. The van der Waals surface area contributed by atoms with E-state index in [4.69, 9.17) is 19.2 Å². The zero-order valence-electron chi connectivity index (χ0n) is 11.0. The van der Waals surface area contributed by atoms with Gasteiger partial charge in [-0.3, -0.25) is 0 Å². The second kappa shape index (κ2) is 8.05. The second-order valence-electron chi connectivity index (χ2n) is 4.22. The third-order valence-electron chi connectivity index (χ3n) is 2.58. The molecule has 5 N–H and O–H groups in total. The van der Waals surface area contributed by atoms with E-state index in [1.54, 1.807) is 24.3 Å². The lowest BCUT2D eigenvalue weighted by atomic mass is 9.99. The van der Waals surface area contributed by atoms with Crippen molar-refractivity contribution in [3.05, 3.63) is 71.8 Å². The van der Waals surface area contributed by atoms with Gasteiger partial charge in [0, 0.05) is 0 Å². The van der Waals surface area contributed by atoms with Crippen molar-refractivity contribution in [3.63, 3.8) is 0 Å². The monoisotopic (exact) mass is 312 g/mol. The zero-order chi connectivity index (χ0) is 15.9. The molecule has 21 heavy (non-hydrogen) atoms. The van der Waals surface area contributed by atoms with Crippen molar-refractivity contribution in [3.8, 4) is 0 Å². The zero-order valence-corrected chi connectivity index (χ0v) is 11.9. The molecule has 2 rings (SSSR count). The molecule has 0 bridgehead atoms. The fourth-order valence-electron chi connectivity index (χ4n) is 1.67.